The summed E-state index contributed by atoms with van der Waals surface area (Å²) < 4.78 is 1.59. The van der Waals surface area contributed by atoms with E-state index in [0.29, 0.717) is 18.7 Å². The van der Waals surface area contributed by atoms with Crippen molar-refractivity contribution in [3.63, 3.8) is 0 Å². The van der Waals surface area contributed by atoms with Crippen LogP contribution in [0.15, 0.2) is 12.4 Å². The number of nitrogens with two attached hydrogens (primary N) is 1. The topological polar surface area (TPSA) is 84.5 Å². The maximum atomic E-state index is 12.2. The first-order valence-corrected chi connectivity index (χ1v) is 5.76. The zero-order valence-electron chi connectivity index (χ0n) is 10.5. The predicted molar refractivity (Wildman–Crippen MR) is 64.4 cm³/mol. The third-order valence-corrected chi connectivity index (χ3v) is 3.12. The molecular weight excluding hydrogens is 234 g/mol. The average Bonchev–Trinajstić information content (AvgIpc) is 2.77. The smallest absolute Gasteiger partial charge is 0.244 e. The van der Waals surface area contributed by atoms with E-state index in [1.165, 1.54) is 4.90 Å². The number of piperazine rings is 1. The fourth-order valence-electron chi connectivity index (χ4n) is 1.89. The first-order valence-electron chi connectivity index (χ1n) is 5.76. The maximum Gasteiger partial charge on any atom is 0.244 e. The number of carbonyl (C=O) groups is 2. The van der Waals surface area contributed by atoms with Gasteiger partial charge in [-0.1, -0.05) is 0 Å². The minimum Gasteiger partial charge on any atom is -0.342 e. The quantitative estimate of drug-likeness (QED) is 0.709. The van der Waals surface area contributed by atoms with Gasteiger partial charge in [0.05, 0.1) is 12.7 Å². The van der Waals surface area contributed by atoms with Crippen molar-refractivity contribution < 1.29 is 9.59 Å². The van der Waals surface area contributed by atoms with Crippen LogP contribution in [0.3, 0.4) is 0 Å². The van der Waals surface area contributed by atoms with Gasteiger partial charge in [-0.05, 0) is 0 Å². The molecule has 7 nitrogen and oxygen atoms in total. The second-order valence-corrected chi connectivity index (χ2v) is 4.50. The largest absolute Gasteiger partial charge is 0.342 e. The Labute approximate surface area is 105 Å². The molecule has 1 unspecified atom stereocenters. The molecule has 1 atom stereocenters. The van der Waals surface area contributed by atoms with Crippen LogP contribution in [0.4, 0.5) is 0 Å². The van der Waals surface area contributed by atoms with Crippen molar-refractivity contribution in [1.82, 2.24) is 19.6 Å². The lowest BCUT2D eigenvalue weighted by atomic mass is 10.1. The highest BCUT2D eigenvalue weighted by molar-refractivity contribution is 5.88. The molecule has 2 rings (SSSR count). The summed E-state index contributed by atoms with van der Waals surface area (Å²) in [6.07, 6.45) is 3.28. The lowest BCUT2D eigenvalue weighted by Crippen LogP contribution is -2.52. The van der Waals surface area contributed by atoms with Crippen LogP contribution in [0, 0.1) is 0 Å². The molecule has 2 heterocycles. The van der Waals surface area contributed by atoms with E-state index in [2.05, 4.69) is 5.10 Å². The number of aryl methyl sites for hydroxylation is 1. The summed E-state index contributed by atoms with van der Waals surface area (Å²) in [7, 11) is 3.49. The van der Waals surface area contributed by atoms with E-state index >= 15 is 0 Å². The van der Waals surface area contributed by atoms with Gasteiger partial charge in [0.1, 0.15) is 6.04 Å². The first-order chi connectivity index (χ1) is 8.49. The van der Waals surface area contributed by atoms with Crippen molar-refractivity contribution in [2.45, 2.75) is 6.04 Å². The summed E-state index contributed by atoms with van der Waals surface area (Å²) in [6, 6.07) is -0.755. The predicted octanol–water partition coefficient (Wildman–Crippen LogP) is -1.28. The van der Waals surface area contributed by atoms with Gasteiger partial charge >= 0.3 is 0 Å². The number of carbonyl (C=O) groups excluding carboxylic acids is 2. The summed E-state index contributed by atoms with van der Waals surface area (Å²) in [5.41, 5.74) is 6.55. The van der Waals surface area contributed by atoms with Gasteiger partial charge in [-0.2, -0.15) is 5.10 Å². The van der Waals surface area contributed by atoms with E-state index in [9.17, 15) is 9.59 Å². The Morgan fingerprint density at radius 3 is 2.72 bits per heavy atom. The highest BCUT2D eigenvalue weighted by atomic mass is 16.2. The van der Waals surface area contributed by atoms with Crippen molar-refractivity contribution >= 4 is 11.8 Å². The minimum absolute atomic E-state index is 0.0620. The van der Waals surface area contributed by atoms with Gasteiger partial charge in [-0.25, -0.2) is 0 Å². The van der Waals surface area contributed by atoms with E-state index in [-0.39, 0.29) is 18.4 Å². The average molecular weight is 251 g/mol. The Morgan fingerprint density at radius 1 is 1.44 bits per heavy atom. The van der Waals surface area contributed by atoms with Crippen LogP contribution < -0.4 is 5.73 Å². The van der Waals surface area contributed by atoms with Crippen molar-refractivity contribution in [1.29, 1.82) is 0 Å². The van der Waals surface area contributed by atoms with Gasteiger partial charge in [0.25, 0.3) is 0 Å². The van der Waals surface area contributed by atoms with Crippen molar-refractivity contribution in [3.8, 4) is 0 Å². The SMILES string of the molecule is CN1CCN(C(=O)C(N)c2cnn(C)c2)CC1=O. The van der Waals surface area contributed by atoms with Crippen LogP contribution in [0.1, 0.15) is 11.6 Å². The van der Waals surface area contributed by atoms with Gasteiger partial charge in [0.2, 0.25) is 11.8 Å². The highest BCUT2D eigenvalue weighted by Gasteiger charge is 2.29. The van der Waals surface area contributed by atoms with Gasteiger partial charge in [0.15, 0.2) is 0 Å². The summed E-state index contributed by atoms with van der Waals surface area (Å²) in [5, 5.41) is 3.98. The molecule has 1 fully saturated rings. The van der Waals surface area contributed by atoms with E-state index in [0.717, 1.165) is 0 Å². The maximum absolute atomic E-state index is 12.2. The number of amides is 2. The van der Waals surface area contributed by atoms with E-state index in [4.69, 9.17) is 5.73 Å². The first kappa shape index (κ1) is 12.6. The standard InChI is InChI=1S/C11H17N5O2/c1-14-3-4-16(7-9(14)17)11(18)10(12)8-5-13-15(2)6-8/h5-6,10H,3-4,7,12H2,1-2H3. The molecule has 1 aromatic rings. The molecule has 98 valence electrons. The van der Waals surface area contributed by atoms with E-state index < -0.39 is 6.04 Å². The molecule has 0 bridgehead atoms. The summed E-state index contributed by atoms with van der Waals surface area (Å²) in [5.74, 6) is -0.294. The second kappa shape index (κ2) is 4.77. The minimum atomic E-state index is -0.755. The van der Waals surface area contributed by atoms with E-state index in [1.807, 2.05) is 0 Å². The zero-order chi connectivity index (χ0) is 13.3. The van der Waals surface area contributed by atoms with Gasteiger partial charge in [-0.15, -0.1) is 0 Å². The van der Waals surface area contributed by atoms with Crippen LogP contribution in [0.5, 0.6) is 0 Å². The number of hydrogen-bond donors (Lipinski definition) is 1. The Hall–Kier alpha value is -1.89. The second-order valence-electron chi connectivity index (χ2n) is 4.50. The molecule has 1 saturated heterocycles. The lowest BCUT2D eigenvalue weighted by molar-refractivity contribution is -0.145. The highest BCUT2D eigenvalue weighted by Crippen LogP contribution is 2.13. The van der Waals surface area contributed by atoms with Crippen LogP contribution in [-0.4, -0.2) is 58.1 Å². The van der Waals surface area contributed by atoms with Crippen molar-refractivity contribution in [3.05, 3.63) is 18.0 Å². The Balaban J connectivity index is 2.05. The number of hydrogen-bond acceptors (Lipinski definition) is 4. The van der Waals surface area contributed by atoms with Crippen molar-refractivity contribution in [2.24, 2.45) is 12.8 Å². The Kier molecular flexibility index (Phi) is 3.33. The molecule has 2 N–H and O–H groups in total. The Morgan fingerprint density at radius 2 is 2.17 bits per heavy atom. The molecular formula is C11H17N5O2. The molecule has 0 spiro atoms. The molecule has 1 aliphatic heterocycles. The molecule has 0 saturated carbocycles. The summed E-state index contributed by atoms with van der Waals surface area (Å²) >= 11 is 0. The molecule has 7 heteroatoms. The van der Waals surface area contributed by atoms with Crippen LogP contribution in [0.2, 0.25) is 0 Å². The molecule has 1 aliphatic rings. The third-order valence-electron chi connectivity index (χ3n) is 3.12. The van der Waals surface area contributed by atoms with Gasteiger partial charge < -0.3 is 15.5 Å². The molecule has 1 aromatic heterocycles. The van der Waals surface area contributed by atoms with Gasteiger partial charge in [0, 0.05) is 38.9 Å². The van der Waals surface area contributed by atoms with Crippen LogP contribution in [-0.2, 0) is 16.6 Å². The normalized spacial score (nSPS) is 18.1. The van der Waals surface area contributed by atoms with Gasteiger partial charge in [-0.3, -0.25) is 14.3 Å². The molecule has 0 radical (unpaired) electrons. The summed E-state index contributed by atoms with van der Waals surface area (Å²) in [6.45, 7) is 1.17. The molecule has 0 aliphatic carbocycles. The number of rotatable bonds is 2. The molecule has 0 aromatic carbocycles. The van der Waals surface area contributed by atoms with Crippen molar-refractivity contribution in [2.75, 3.05) is 26.7 Å². The number of aromatic nitrogens is 2. The van der Waals surface area contributed by atoms with E-state index in [1.54, 1.807) is 36.1 Å². The summed E-state index contributed by atoms with van der Waals surface area (Å²) in [4.78, 5) is 26.8. The van der Waals surface area contributed by atoms with Crippen LogP contribution in [0.25, 0.3) is 0 Å². The fourth-order valence-corrected chi connectivity index (χ4v) is 1.89. The fraction of sp³-hybridized carbons (Fsp3) is 0.545. The number of likely N-dealkylation sites (N-methyl/N-ethyl adjacent to an activating group) is 1. The monoisotopic (exact) mass is 251 g/mol. The van der Waals surface area contributed by atoms with Crippen LogP contribution >= 0.6 is 0 Å². The third kappa shape index (κ3) is 2.35. The molecule has 2 amide bonds. The lowest BCUT2D eigenvalue weighted by Gasteiger charge is -2.33. The molecule has 18 heavy (non-hydrogen) atoms. The number of nitrogens with zero attached hydrogens (tertiary/aromatic N) is 4. The Bertz CT molecular complexity index is 470. The zero-order valence-corrected chi connectivity index (χ0v) is 10.5.